The van der Waals surface area contributed by atoms with Gasteiger partial charge in [-0.25, -0.2) is 0 Å². The van der Waals surface area contributed by atoms with Crippen LogP contribution in [0.4, 0.5) is 0 Å². The Labute approximate surface area is 69.8 Å². The Hall–Kier alpha value is 0.0649. The maximum Gasteiger partial charge on any atom is 0.140 e. The highest BCUT2D eigenvalue weighted by molar-refractivity contribution is 6.59. The molecule has 4 rings (SSSR count). The summed E-state index contributed by atoms with van der Waals surface area (Å²) in [5, 5.41) is 0. The molecular formula is C10H17B. The molecule has 1 aliphatic carbocycles. The molecule has 0 aromatic heterocycles. The van der Waals surface area contributed by atoms with E-state index in [1.54, 1.807) is 38.2 Å². The predicted octanol–water partition coefficient (Wildman–Crippen LogP) is 2.93. The number of rotatable bonds is 0. The second-order valence-corrected chi connectivity index (χ2v) is 5.73. The van der Waals surface area contributed by atoms with Crippen LogP contribution in [-0.4, -0.2) is 6.71 Å². The average Bonchev–Trinajstić information content (AvgIpc) is 1.79. The van der Waals surface area contributed by atoms with E-state index in [0.717, 1.165) is 24.0 Å². The van der Waals surface area contributed by atoms with Crippen molar-refractivity contribution in [3.8, 4) is 0 Å². The Bertz CT molecular complexity index is 150. The number of hydrogen-bond donors (Lipinski definition) is 0. The van der Waals surface area contributed by atoms with Gasteiger partial charge in [-0.15, -0.1) is 0 Å². The molecular weight excluding hydrogens is 131 g/mol. The summed E-state index contributed by atoms with van der Waals surface area (Å²) in [4.78, 5) is 0. The second-order valence-electron chi connectivity index (χ2n) is 5.73. The van der Waals surface area contributed by atoms with E-state index in [2.05, 4.69) is 6.92 Å². The molecule has 1 saturated carbocycles. The van der Waals surface area contributed by atoms with E-state index in [1.165, 1.54) is 0 Å². The lowest BCUT2D eigenvalue weighted by molar-refractivity contribution is 0.108. The Morgan fingerprint density at radius 2 is 1.82 bits per heavy atom. The summed E-state index contributed by atoms with van der Waals surface area (Å²) in [6.07, 6.45) is 9.48. The molecule has 4 aliphatic rings. The molecule has 0 nitrogen and oxygen atoms in total. The molecule has 3 atom stereocenters. The van der Waals surface area contributed by atoms with Crippen LogP contribution < -0.4 is 0 Å². The van der Waals surface area contributed by atoms with Crippen LogP contribution in [0.3, 0.4) is 0 Å². The van der Waals surface area contributed by atoms with Crippen LogP contribution in [0.2, 0.25) is 19.0 Å². The van der Waals surface area contributed by atoms with E-state index in [9.17, 15) is 0 Å². The third-order valence-corrected chi connectivity index (χ3v) is 4.34. The van der Waals surface area contributed by atoms with Crippen molar-refractivity contribution in [1.82, 2.24) is 0 Å². The van der Waals surface area contributed by atoms with Crippen molar-refractivity contribution in [2.75, 3.05) is 0 Å². The van der Waals surface area contributed by atoms with Crippen molar-refractivity contribution in [3.05, 3.63) is 0 Å². The highest BCUT2D eigenvalue weighted by Crippen LogP contribution is 2.57. The van der Waals surface area contributed by atoms with Gasteiger partial charge in [-0.3, -0.25) is 0 Å². The molecule has 3 heterocycles. The SMILES string of the molecule is CC12CB3C[C@H](C[C@H](C3)C1)C2. The number of hydrogen-bond acceptors (Lipinski definition) is 0. The first kappa shape index (κ1) is 6.57. The van der Waals surface area contributed by atoms with Crippen molar-refractivity contribution in [2.24, 2.45) is 17.3 Å². The molecule has 1 unspecified atom stereocenters. The molecule has 0 aromatic rings. The van der Waals surface area contributed by atoms with Gasteiger partial charge in [0.2, 0.25) is 0 Å². The minimum absolute atomic E-state index is 0.800. The Kier molecular flexibility index (Phi) is 1.11. The van der Waals surface area contributed by atoms with Crippen LogP contribution in [0.25, 0.3) is 0 Å². The molecule has 0 N–H and O–H groups in total. The fraction of sp³-hybridized carbons (Fsp3) is 1.00. The summed E-state index contributed by atoms with van der Waals surface area (Å²) in [5.74, 6) is 2.29. The van der Waals surface area contributed by atoms with Crippen molar-refractivity contribution in [1.29, 1.82) is 0 Å². The fourth-order valence-corrected chi connectivity index (χ4v) is 4.54. The molecule has 0 spiro atoms. The van der Waals surface area contributed by atoms with E-state index in [0.29, 0.717) is 0 Å². The van der Waals surface area contributed by atoms with Gasteiger partial charge in [-0.05, 0) is 36.5 Å². The van der Waals surface area contributed by atoms with Crippen molar-refractivity contribution < 1.29 is 0 Å². The lowest BCUT2D eigenvalue weighted by Gasteiger charge is -2.54. The first-order valence-corrected chi connectivity index (χ1v) is 5.23. The monoisotopic (exact) mass is 148 g/mol. The van der Waals surface area contributed by atoms with Gasteiger partial charge in [-0.2, -0.15) is 0 Å². The zero-order valence-corrected chi connectivity index (χ0v) is 7.47. The highest BCUT2D eigenvalue weighted by Gasteiger charge is 2.49. The smallest absolute Gasteiger partial charge is 0.0712 e. The summed E-state index contributed by atoms with van der Waals surface area (Å²) < 4.78 is 0. The lowest BCUT2D eigenvalue weighted by atomic mass is 9.25. The Morgan fingerprint density at radius 3 is 2.27 bits per heavy atom. The first-order valence-electron chi connectivity index (χ1n) is 5.23. The van der Waals surface area contributed by atoms with Crippen molar-refractivity contribution in [2.45, 2.75) is 45.1 Å². The minimum Gasteiger partial charge on any atom is -0.0712 e. The van der Waals surface area contributed by atoms with Gasteiger partial charge < -0.3 is 0 Å². The van der Waals surface area contributed by atoms with Gasteiger partial charge in [-0.1, -0.05) is 25.9 Å². The molecule has 0 amide bonds. The van der Waals surface area contributed by atoms with E-state index in [-0.39, 0.29) is 0 Å². The van der Waals surface area contributed by atoms with E-state index in [1.807, 2.05) is 0 Å². The van der Waals surface area contributed by atoms with Crippen LogP contribution in [0, 0.1) is 17.3 Å². The third-order valence-electron chi connectivity index (χ3n) is 4.34. The summed E-state index contributed by atoms with van der Waals surface area (Å²) >= 11 is 0. The van der Waals surface area contributed by atoms with Gasteiger partial charge >= 0.3 is 0 Å². The van der Waals surface area contributed by atoms with Crippen molar-refractivity contribution >= 4 is 6.71 Å². The van der Waals surface area contributed by atoms with Crippen LogP contribution in [0.15, 0.2) is 0 Å². The summed E-state index contributed by atoms with van der Waals surface area (Å²) in [5.41, 5.74) is 0.800. The van der Waals surface area contributed by atoms with E-state index in [4.69, 9.17) is 0 Å². The van der Waals surface area contributed by atoms with Gasteiger partial charge in [0.15, 0.2) is 0 Å². The molecule has 4 fully saturated rings. The lowest BCUT2D eigenvalue weighted by Crippen LogP contribution is -2.47. The maximum absolute atomic E-state index is 2.54. The zero-order chi connectivity index (χ0) is 7.47. The summed E-state index contributed by atoms with van der Waals surface area (Å²) in [7, 11) is 0. The molecule has 4 bridgehead atoms. The van der Waals surface area contributed by atoms with Gasteiger partial charge in [0.05, 0.1) is 0 Å². The van der Waals surface area contributed by atoms with Crippen LogP contribution >= 0.6 is 0 Å². The molecule has 1 heteroatoms. The van der Waals surface area contributed by atoms with Gasteiger partial charge in [0, 0.05) is 0 Å². The molecule has 60 valence electrons. The first-order chi connectivity index (χ1) is 5.23. The maximum atomic E-state index is 2.54. The van der Waals surface area contributed by atoms with E-state index >= 15 is 0 Å². The van der Waals surface area contributed by atoms with Gasteiger partial charge in [0.25, 0.3) is 0 Å². The normalized spacial score (nSPS) is 53.7. The van der Waals surface area contributed by atoms with Crippen LogP contribution in [-0.2, 0) is 0 Å². The molecule has 11 heavy (non-hydrogen) atoms. The highest BCUT2D eigenvalue weighted by atomic mass is 14.5. The largest absolute Gasteiger partial charge is 0.140 e. The van der Waals surface area contributed by atoms with E-state index < -0.39 is 0 Å². The molecule has 0 radical (unpaired) electrons. The third kappa shape index (κ3) is 0.894. The van der Waals surface area contributed by atoms with Crippen molar-refractivity contribution in [3.63, 3.8) is 0 Å². The molecule has 3 saturated heterocycles. The zero-order valence-electron chi connectivity index (χ0n) is 7.47. The second kappa shape index (κ2) is 1.86. The fourth-order valence-electron chi connectivity index (χ4n) is 4.54. The minimum atomic E-state index is 0.800. The quantitative estimate of drug-likeness (QED) is 0.463. The molecule has 0 aromatic carbocycles. The van der Waals surface area contributed by atoms with Crippen LogP contribution in [0.1, 0.15) is 26.2 Å². The summed E-state index contributed by atoms with van der Waals surface area (Å²) in [6, 6.07) is 0. The predicted molar refractivity (Wildman–Crippen MR) is 49.1 cm³/mol. The Balaban J connectivity index is 1.94. The molecule has 3 aliphatic heterocycles. The van der Waals surface area contributed by atoms with Gasteiger partial charge in [0.1, 0.15) is 6.71 Å². The topological polar surface area (TPSA) is 0 Å². The van der Waals surface area contributed by atoms with Crippen LogP contribution in [0.5, 0.6) is 0 Å². The standard InChI is InChI=1S/C10H17B/c1-10-3-8-2-9(4-10)6-11(5-8)7-10/h8-9H,2-7H2,1H3/t8-,9+,10?. The average molecular weight is 148 g/mol. The summed E-state index contributed by atoms with van der Waals surface area (Å²) in [6.45, 7) is 3.68. The Morgan fingerprint density at radius 1 is 1.18 bits per heavy atom.